The number of primary amides is 1. The van der Waals surface area contributed by atoms with Crippen LogP contribution in [-0.2, 0) is 16.0 Å². The molecule has 1 aromatic carbocycles. The number of nitrogens with one attached hydrogen (secondary N) is 1. The second-order valence-corrected chi connectivity index (χ2v) is 9.88. The number of anilines is 1. The molecule has 0 saturated heterocycles. The van der Waals surface area contributed by atoms with Crippen molar-refractivity contribution in [2.45, 2.75) is 48.6 Å². The molecule has 0 radical (unpaired) electrons. The van der Waals surface area contributed by atoms with Crippen LogP contribution in [0, 0.1) is 0 Å². The van der Waals surface area contributed by atoms with Gasteiger partial charge in [0.05, 0.1) is 17.4 Å². The molecule has 30 heavy (non-hydrogen) atoms. The molecule has 158 valence electrons. The fraction of sp³-hybridized carbons (Fsp3) is 0.350. The monoisotopic (exact) mass is 461 g/mol. The first-order valence-electron chi connectivity index (χ1n) is 9.58. The average Bonchev–Trinajstić information content (AvgIpc) is 3.37. The zero-order valence-electron chi connectivity index (χ0n) is 16.7. The number of amides is 2. The van der Waals surface area contributed by atoms with Crippen LogP contribution in [0.25, 0.3) is 0 Å². The molecule has 10 heteroatoms. The van der Waals surface area contributed by atoms with Crippen molar-refractivity contribution < 1.29 is 9.59 Å². The summed E-state index contributed by atoms with van der Waals surface area (Å²) < 4.78 is 0.732. The first-order valence-corrected chi connectivity index (χ1v) is 12.2. The largest absolute Gasteiger partial charge is 0.369 e. The van der Waals surface area contributed by atoms with E-state index in [2.05, 4.69) is 39.6 Å². The lowest BCUT2D eigenvalue weighted by atomic mass is 9.97. The Kier molecular flexibility index (Phi) is 7.94. The van der Waals surface area contributed by atoms with Gasteiger partial charge in [0.15, 0.2) is 4.34 Å². The molecule has 2 amide bonds. The normalized spacial score (nSPS) is 13.0. The van der Waals surface area contributed by atoms with Gasteiger partial charge < -0.3 is 11.1 Å². The van der Waals surface area contributed by atoms with Gasteiger partial charge in [0, 0.05) is 11.3 Å². The van der Waals surface area contributed by atoms with Crippen LogP contribution in [-0.4, -0.2) is 32.2 Å². The zero-order chi connectivity index (χ0) is 21.5. The minimum atomic E-state index is -0.357. The van der Waals surface area contributed by atoms with Gasteiger partial charge in [-0.05, 0) is 18.4 Å². The number of thiazole rings is 1. The molecule has 2 atom stereocenters. The molecule has 3 rings (SSSR count). The number of carbonyl (C=O) groups is 2. The number of aromatic nitrogens is 3. The third kappa shape index (κ3) is 5.87. The summed E-state index contributed by atoms with van der Waals surface area (Å²) in [5.74, 6) is -0.400. The predicted molar refractivity (Wildman–Crippen MR) is 122 cm³/mol. The Balaban J connectivity index is 1.59. The van der Waals surface area contributed by atoms with Crippen molar-refractivity contribution in [3.63, 3.8) is 0 Å². The summed E-state index contributed by atoms with van der Waals surface area (Å²) in [7, 11) is 0. The Morgan fingerprint density at radius 2 is 1.93 bits per heavy atom. The van der Waals surface area contributed by atoms with Crippen molar-refractivity contribution in [1.82, 2.24) is 15.2 Å². The molecular formula is C20H23N5O2S3. The third-order valence-electron chi connectivity index (χ3n) is 4.40. The molecule has 7 nitrogen and oxygen atoms in total. The predicted octanol–water partition coefficient (Wildman–Crippen LogP) is 4.07. The standard InChI is InChI=1S/C20H23N5O2S3/c1-3-14(12-8-6-5-7-9-12)18-24-25-19(30-18)23-16(26)10-13-11-28-20(22-13)29-15(4-2)17(21)27/h5-9,11,14-15H,3-4,10H2,1-2H3,(H2,21,27)(H,23,25,26). The molecule has 0 saturated carbocycles. The van der Waals surface area contributed by atoms with Crippen molar-refractivity contribution in [3.8, 4) is 0 Å². The summed E-state index contributed by atoms with van der Waals surface area (Å²) in [6.07, 6.45) is 1.67. The van der Waals surface area contributed by atoms with E-state index in [-0.39, 0.29) is 29.4 Å². The number of hydrogen-bond donors (Lipinski definition) is 2. The third-order valence-corrected chi connectivity index (χ3v) is 7.75. The highest BCUT2D eigenvalue weighted by atomic mass is 32.2. The van der Waals surface area contributed by atoms with Crippen molar-refractivity contribution in [1.29, 1.82) is 0 Å². The van der Waals surface area contributed by atoms with Gasteiger partial charge in [-0.15, -0.1) is 21.5 Å². The lowest BCUT2D eigenvalue weighted by Crippen LogP contribution is -2.24. The number of benzene rings is 1. The van der Waals surface area contributed by atoms with Crippen molar-refractivity contribution >= 4 is 51.4 Å². The highest BCUT2D eigenvalue weighted by Gasteiger charge is 2.19. The first kappa shape index (κ1) is 22.4. The summed E-state index contributed by atoms with van der Waals surface area (Å²) >= 11 is 4.13. The Labute approximate surface area is 187 Å². The Hall–Kier alpha value is -2.30. The van der Waals surface area contributed by atoms with Gasteiger partial charge >= 0.3 is 0 Å². The topological polar surface area (TPSA) is 111 Å². The SMILES string of the molecule is CCC(Sc1nc(CC(=O)Nc2nnc(C(CC)c3ccccc3)s2)cs1)C(N)=O. The average molecular weight is 462 g/mol. The van der Waals surface area contributed by atoms with E-state index >= 15 is 0 Å². The van der Waals surface area contributed by atoms with Crippen LogP contribution in [0.5, 0.6) is 0 Å². The number of thioether (sulfide) groups is 1. The van der Waals surface area contributed by atoms with Crippen LogP contribution in [0.3, 0.4) is 0 Å². The van der Waals surface area contributed by atoms with Crippen molar-refractivity contribution in [3.05, 3.63) is 52.0 Å². The van der Waals surface area contributed by atoms with Crippen LogP contribution in [0.1, 0.15) is 48.9 Å². The molecule has 0 spiro atoms. The van der Waals surface area contributed by atoms with Crippen LogP contribution >= 0.6 is 34.4 Å². The van der Waals surface area contributed by atoms with Gasteiger partial charge in [-0.1, -0.05) is 67.3 Å². The zero-order valence-corrected chi connectivity index (χ0v) is 19.1. The number of nitrogens with zero attached hydrogens (tertiary/aromatic N) is 3. The molecule has 0 aliphatic heterocycles. The Morgan fingerprint density at radius 1 is 1.17 bits per heavy atom. The maximum absolute atomic E-state index is 12.4. The van der Waals surface area contributed by atoms with Crippen LogP contribution in [0.2, 0.25) is 0 Å². The van der Waals surface area contributed by atoms with E-state index in [1.54, 1.807) is 0 Å². The quantitative estimate of drug-likeness (QED) is 0.440. The van der Waals surface area contributed by atoms with Gasteiger partial charge in [0.2, 0.25) is 16.9 Å². The minimum absolute atomic E-state index is 0.134. The van der Waals surface area contributed by atoms with Gasteiger partial charge in [-0.2, -0.15) is 0 Å². The van der Waals surface area contributed by atoms with Gasteiger partial charge in [-0.25, -0.2) is 4.98 Å². The summed E-state index contributed by atoms with van der Waals surface area (Å²) in [4.78, 5) is 28.2. The molecule has 0 bridgehead atoms. The molecule has 0 aliphatic rings. The van der Waals surface area contributed by atoms with Crippen molar-refractivity contribution in [2.24, 2.45) is 5.73 Å². The molecule has 2 unspecified atom stereocenters. The summed E-state index contributed by atoms with van der Waals surface area (Å²) in [5, 5.41) is 14.1. The van der Waals surface area contributed by atoms with E-state index in [1.807, 2.05) is 30.5 Å². The lowest BCUT2D eigenvalue weighted by Gasteiger charge is -2.10. The Morgan fingerprint density at radius 3 is 2.60 bits per heavy atom. The summed E-state index contributed by atoms with van der Waals surface area (Å²) in [6.45, 7) is 4.01. The van der Waals surface area contributed by atoms with Gasteiger partial charge in [0.1, 0.15) is 5.01 Å². The van der Waals surface area contributed by atoms with Gasteiger partial charge in [-0.3, -0.25) is 9.59 Å². The number of nitrogens with two attached hydrogens (primary N) is 1. The maximum Gasteiger partial charge on any atom is 0.232 e. The minimum Gasteiger partial charge on any atom is -0.369 e. The lowest BCUT2D eigenvalue weighted by molar-refractivity contribution is -0.117. The smallest absolute Gasteiger partial charge is 0.232 e. The summed E-state index contributed by atoms with van der Waals surface area (Å²) in [6, 6.07) is 10.2. The molecule has 0 aliphatic carbocycles. The van der Waals surface area contributed by atoms with E-state index in [1.165, 1.54) is 40.0 Å². The van der Waals surface area contributed by atoms with E-state index < -0.39 is 0 Å². The molecule has 2 heterocycles. The second-order valence-electron chi connectivity index (χ2n) is 6.56. The maximum atomic E-state index is 12.4. The van der Waals surface area contributed by atoms with E-state index in [4.69, 9.17) is 5.73 Å². The first-order chi connectivity index (χ1) is 14.5. The van der Waals surface area contributed by atoms with Gasteiger partial charge in [0.25, 0.3) is 0 Å². The molecule has 3 N–H and O–H groups in total. The Bertz CT molecular complexity index is 989. The van der Waals surface area contributed by atoms with Crippen LogP contribution in [0.4, 0.5) is 5.13 Å². The van der Waals surface area contributed by atoms with E-state index in [9.17, 15) is 9.59 Å². The van der Waals surface area contributed by atoms with E-state index in [0.29, 0.717) is 17.2 Å². The molecule has 3 aromatic rings. The highest BCUT2D eigenvalue weighted by molar-refractivity contribution is 8.02. The fourth-order valence-electron chi connectivity index (χ4n) is 2.88. The summed E-state index contributed by atoms with van der Waals surface area (Å²) in [5.41, 5.74) is 7.22. The molecule has 2 aromatic heterocycles. The number of hydrogen-bond acceptors (Lipinski definition) is 8. The number of carbonyl (C=O) groups excluding carboxylic acids is 2. The van der Waals surface area contributed by atoms with E-state index in [0.717, 1.165) is 15.8 Å². The van der Waals surface area contributed by atoms with Crippen LogP contribution < -0.4 is 11.1 Å². The van der Waals surface area contributed by atoms with Crippen LogP contribution in [0.15, 0.2) is 40.1 Å². The molecule has 0 fully saturated rings. The van der Waals surface area contributed by atoms with Crippen molar-refractivity contribution in [2.75, 3.05) is 5.32 Å². The molecular weight excluding hydrogens is 438 g/mol. The number of rotatable bonds is 10. The highest BCUT2D eigenvalue weighted by Crippen LogP contribution is 2.32. The second kappa shape index (κ2) is 10.6. The fourth-order valence-corrected chi connectivity index (χ4v) is 5.81.